The minimum Gasteiger partial charge on any atom is -0.492 e. The van der Waals surface area contributed by atoms with E-state index in [1.54, 1.807) is 12.1 Å². The second-order valence-electron chi connectivity index (χ2n) is 11.5. The second kappa shape index (κ2) is 12.3. The Balaban J connectivity index is 1.39. The highest BCUT2D eigenvalue weighted by Crippen LogP contribution is 2.47. The molecule has 10 heteroatoms. The Kier molecular flexibility index (Phi) is 8.47. The predicted octanol–water partition coefficient (Wildman–Crippen LogP) is 8.64. The molecular formula is C33H33ClF4N4O. The average Bonchev–Trinajstić information content (AvgIpc) is 3.58. The average molecular weight is 613 g/mol. The lowest BCUT2D eigenvalue weighted by molar-refractivity contribution is -0.137. The Morgan fingerprint density at radius 2 is 1.84 bits per heavy atom. The highest BCUT2D eigenvalue weighted by molar-refractivity contribution is 6.32. The lowest BCUT2D eigenvalue weighted by atomic mass is 9.74. The van der Waals surface area contributed by atoms with Gasteiger partial charge in [0.05, 0.1) is 27.2 Å². The molecule has 0 amide bonds. The third-order valence-corrected chi connectivity index (χ3v) is 9.07. The zero-order chi connectivity index (χ0) is 30.1. The van der Waals surface area contributed by atoms with Crippen molar-refractivity contribution in [2.24, 2.45) is 11.8 Å². The maximum atomic E-state index is 14.6. The minimum atomic E-state index is -4.56. The number of benzene rings is 2. The molecule has 1 aliphatic carbocycles. The van der Waals surface area contributed by atoms with Crippen LogP contribution in [0.2, 0.25) is 5.02 Å². The summed E-state index contributed by atoms with van der Waals surface area (Å²) in [5.74, 6) is 0.891. The smallest absolute Gasteiger partial charge is 0.417 e. The fourth-order valence-corrected chi connectivity index (χ4v) is 6.35. The molecule has 1 atom stereocenters. The van der Waals surface area contributed by atoms with E-state index in [1.807, 2.05) is 30.3 Å². The van der Waals surface area contributed by atoms with Crippen LogP contribution >= 0.6 is 11.6 Å². The van der Waals surface area contributed by atoms with E-state index in [4.69, 9.17) is 16.3 Å². The van der Waals surface area contributed by atoms with Crippen molar-refractivity contribution < 1.29 is 22.3 Å². The number of fused-ring (bicyclic) bond motifs is 1. The van der Waals surface area contributed by atoms with Crippen LogP contribution in [0.4, 0.5) is 17.6 Å². The molecule has 2 aromatic carbocycles. The van der Waals surface area contributed by atoms with Crippen LogP contribution in [0.25, 0.3) is 22.0 Å². The van der Waals surface area contributed by atoms with E-state index in [0.717, 1.165) is 79.5 Å². The van der Waals surface area contributed by atoms with Gasteiger partial charge in [-0.15, -0.1) is 5.10 Å². The number of hydrogen-bond acceptors (Lipinski definition) is 4. The molecule has 4 aromatic rings. The molecule has 2 aromatic heterocycles. The molecule has 0 unspecified atom stereocenters. The van der Waals surface area contributed by atoms with E-state index >= 15 is 0 Å². The number of hydrogen-bond donors (Lipinski definition) is 1. The van der Waals surface area contributed by atoms with Crippen molar-refractivity contribution in [3.05, 3.63) is 88.1 Å². The molecule has 226 valence electrons. The molecule has 2 fully saturated rings. The molecule has 5 nitrogen and oxygen atoms in total. The van der Waals surface area contributed by atoms with Crippen molar-refractivity contribution in [1.82, 2.24) is 20.1 Å². The second-order valence-corrected chi connectivity index (χ2v) is 11.9. The molecule has 6 rings (SSSR count). The summed E-state index contributed by atoms with van der Waals surface area (Å²) >= 11 is 6.54. The Morgan fingerprint density at radius 1 is 1.07 bits per heavy atom. The quantitative estimate of drug-likeness (QED) is 0.192. The third-order valence-electron chi connectivity index (χ3n) is 8.78. The number of alkyl halides is 3. The molecule has 0 spiro atoms. The monoisotopic (exact) mass is 612 g/mol. The van der Waals surface area contributed by atoms with Crippen LogP contribution in [-0.2, 0) is 6.18 Å². The van der Waals surface area contributed by atoms with Crippen LogP contribution in [0, 0.1) is 17.8 Å². The molecule has 1 saturated heterocycles. The standard InChI is InChI=1S/C33H33ClF4N4O/c1-2-20-12-13-42(19-20)14-15-43-25-9-6-22(7-10-25)29(23-8-11-28-26(16-23)32(35)41-40-28)30(21-4-3-5-21)31-27(34)17-24(18-39-31)33(36,37)38/h6-11,16-18,20-21H,2-5,12-15,19H2,1H3,(H,40,41)/b30-29+/t20-/m1/s1. The van der Waals surface area contributed by atoms with Crippen molar-refractivity contribution in [1.29, 1.82) is 0 Å². The van der Waals surface area contributed by atoms with Crippen molar-refractivity contribution >= 4 is 33.7 Å². The Hall–Kier alpha value is -3.43. The van der Waals surface area contributed by atoms with Gasteiger partial charge in [-0.3, -0.25) is 15.0 Å². The van der Waals surface area contributed by atoms with Gasteiger partial charge in [-0.25, -0.2) is 0 Å². The summed E-state index contributed by atoms with van der Waals surface area (Å²) in [6.07, 6.45) is 1.37. The predicted molar refractivity (Wildman–Crippen MR) is 160 cm³/mol. The fraction of sp³-hybridized carbons (Fsp3) is 0.394. The SMILES string of the molecule is CC[C@@H]1CCN(CCOc2ccc(/C(=C(\c3ncc(C(F)(F)F)cc3Cl)C3CCC3)c3ccc4[nH]nc(F)c4c3)cc2)C1. The number of allylic oxidation sites excluding steroid dienone is 1. The molecule has 0 radical (unpaired) electrons. The highest BCUT2D eigenvalue weighted by atomic mass is 35.5. The molecular weight excluding hydrogens is 580 g/mol. The Morgan fingerprint density at radius 3 is 2.49 bits per heavy atom. The molecule has 43 heavy (non-hydrogen) atoms. The lowest BCUT2D eigenvalue weighted by Gasteiger charge is -2.31. The minimum absolute atomic E-state index is 0.0324. The molecule has 1 saturated carbocycles. The van der Waals surface area contributed by atoms with Crippen molar-refractivity contribution in [3.63, 3.8) is 0 Å². The molecule has 2 aliphatic rings. The zero-order valence-electron chi connectivity index (χ0n) is 23.9. The fourth-order valence-electron chi connectivity index (χ4n) is 6.08. The maximum absolute atomic E-state index is 14.6. The van der Waals surface area contributed by atoms with Gasteiger partial charge in [-0.05, 0) is 90.2 Å². The first-order valence-electron chi connectivity index (χ1n) is 14.8. The Labute approximate surface area is 252 Å². The zero-order valence-corrected chi connectivity index (χ0v) is 24.6. The van der Waals surface area contributed by atoms with Gasteiger partial charge in [-0.2, -0.15) is 17.6 Å². The number of rotatable bonds is 9. The van der Waals surface area contributed by atoms with Gasteiger partial charge < -0.3 is 4.74 Å². The normalized spacial score (nSPS) is 18.6. The van der Waals surface area contributed by atoms with Crippen LogP contribution in [-0.4, -0.2) is 46.3 Å². The highest BCUT2D eigenvalue weighted by Gasteiger charge is 2.34. The topological polar surface area (TPSA) is 54.0 Å². The van der Waals surface area contributed by atoms with E-state index in [-0.39, 0.29) is 10.9 Å². The van der Waals surface area contributed by atoms with Crippen LogP contribution in [0.5, 0.6) is 5.75 Å². The molecule has 1 aliphatic heterocycles. The number of ether oxygens (including phenoxy) is 1. The van der Waals surface area contributed by atoms with E-state index in [0.29, 0.717) is 28.8 Å². The number of likely N-dealkylation sites (tertiary alicyclic amines) is 1. The largest absolute Gasteiger partial charge is 0.492 e. The van der Waals surface area contributed by atoms with Crippen molar-refractivity contribution in [2.75, 3.05) is 26.2 Å². The van der Waals surface area contributed by atoms with Gasteiger partial charge in [-0.1, -0.05) is 49.6 Å². The van der Waals surface area contributed by atoms with E-state index in [2.05, 4.69) is 27.0 Å². The Bertz CT molecular complexity index is 1630. The summed E-state index contributed by atoms with van der Waals surface area (Å²) in [5.41, 5.74) is 2.94. The first-order valence-corrected chi connectivity index (χ1v) is 15.2. The van der Waals surface area contributed by atoms with Crippen LogP contribution < -0.4 is 4.74 Å². The van der Waals surface area contributed by atoms with Crippen LogP contribution in [0.1, 0.15) is 61.4 Å². The van der Waals surface area contributed by atoms with E-state index in [1.165, 1.54) is 12.8 Å². The number of halogens is 5. The summed E-state index contributed by atoms with van der Waals surface area (Å²) in [6.45, 7) is 5.88. The number of nitrogens with zero attached hydrogens (tertiary/aromatic N) is 3. The van der Waals surface area contributed by atoms with Crippen molar-refractivity contribution in [2.45, 2.75) is 45.2 Å². The van der Waals surface area contributed by atoms with Gasteiger partial charge in [0.1, 0.15) is 12.4 Å². The summed E-state index contributed by atoms with van der Waals surface area (Å²) < 4.78 is 61.0. The number of nitrogens with one attached hydrogen (secondary N) is 1. The first-order chi connectivity index (χ1) is 20.7. The van der Waals surface area contributed by atoms with E-state index < -0.39 is 17.7 Å². The lowest BCUT2D eigenvalue weighted by Crippen LogP contribution is -2.26. The maximum Gasteiger partial charge on any atom is 0.417 e. The van der Waals surface area contributed by atoms with Crippen molar-refractivity contribution in [3.8, 4) is 5.75 Å². The van der Waals surface area contributed by atoms with Gasteiger partial charge in [0.15, 0.2) is 0 Å². The number of H-pyrrole nitrogens is 1. The summed E-state index contributed by atoms with van der Waals surface area (Å²) in [7, 11) is 0. The molecule has 0 bridgehead atoms. The van der Waals surface area contributed by atoms with Gasteiger partial charge in [0.2, 0.25) is 5.95 Å². The van der Waals surface area contributed by atoms with Crippen LogP contribution in [0.3, 0.4) is 0 Å². The molecule has 1 N–H and O–H groups in total. The van der Waals surface area contributed by atoms with Gasteiger partial charge in [0, 0.05) is 19.3 Å². The summed E-state index contributed by atoms with van der Waals surface area (Å²) in [6, 6.07) is 13.9. The summed E-state index contributed by atoms with van der Waals surface area (Å²) in [4.78, 5) is 6.70. The van der Waals surface area contributed by atoms with Gasteiger partial charge in [0.25, 0.3) is 0 Å². The number of aromatic nitrogens is 3. The summed E-state index contributed by atoms with van der Waals surface area (Å²) in [5, 5.41) is 6.62. The number of aromatic amines is 1. The third kappa shape index (κ3) is 6.29. The number of pyridine rings is 1. The van der Waals surface area contributed by atoms with E-state index in [9.17, 15) is 17.6 Å². The first kappa shape index (κ1) is 29.6. The van der Waals surface area contributed by atoms with Crippen LogP contribution in [0.15, 0.2) is 54.7 Å². The molecule has 3 heterocycles. The van der Waals surface area contributed by atoms with Gasteiger partial charge >= 0.3 is 6.18 Å².